The summed E-state index contributed by atoms with van der Waals surface area (Å²) in [6, 6.07) is 50.1. The Kier molecular flexibility index (Phi) is 5.75. The largest absolute Gasteiger partial charge is 0.454 e. The molecule has 50 heavy (non-hydrogen) atoms. The summed E-state index contributed by atoms with van der Waals surface area (Å²) in [7, 11) is 0. The molecule has 0 bridgehead atoms. The molecule has 3 heteroatoms. The molecular weight excluding hydrogens is 609 g/mol. The van der Waals surface area contributed by atoms with Crippen LogP contribution in [0.25, 0.3) is 55.0 Å². The minimum absolute atomic E-state index is 0.103. The van der Waals surface area contributed by atoms with Crippen LogP contribution in [0, 0.1) is 11.3 Å². The molecular formula is C47H34N2O. The number of para-hydroxylation sites is 2. The topological polar surface area (TPSA) is 40.2 Å². The molecule has 10 rings (SSSR count). The van der Waals surface area contributed by atoms with Gasteiger partial charge in [0.2, 0.25) is 0 Å². The van der Waals surface area contributed by atoms with Crippen molar-refractivity contribution in [3.63, 3.8) is 0 Å². The molecule has 7 aromatic carbocycles. The molecule has 0 saturated heterocycles. The molecule has 0 N–H and O–H groups in total. The van der Waals surface area contributed by atoms with Gasteiger partial charge < -0.3 is 9.32 Å². The highest BCUT2D eigenvalue weighted by Crippen LogP contribution is 2.57. The molecule has 3 nitrogen and oxygen atoms in total. The molecule has 0 atom stereocenters. The number of hydrogen-bond acceptors (Lipinski definition) is 3. The first kappa shape index (κ1) is 28.9. The van der Waals surface area contributed by atoms with Gasteiger partial charge >= 0.3 is 0 Å². The van der Waals surface area contributed by atoms with Gasteiger partial charge in [-0.25, -0.2) is 0 Å². The van der Waals surface area contributed by atoms with Crippen LogP contribution in [0.1, 0.15) is 55.5 Å². The summed E-state index contributed by atoms with van der Waals surface area (Å²) >= 11 is 0. The summed E-state index contributed by atoms with van der Waals surface area (Å²) in [6.45, 7) is 9.47. The average molecular weight is 643 g/mol. The maximum atomic E-state index is 9.59. The molecule has 0 saturated carbocycles. The van der Waals surface area contributed by atoms with E-state index in [0.717, 1.165) is 39.0 Å². The molecule has 2 aliphatic rings. The fourth-order valence-electron chi connectivity index (χ4n) is 8.79. The van der Waals surface area contributed by atoms with Crippen LogP contribution in [0.3, 0.4) is 0 Å². The van der Waals surface area contributed by atoms with Gasteiger partial charge in [-0.1, -0.05) is 88.4 Å². The highest BCUT2D eigenvalue weighted by atomic mass is 16.3. The molecule has 0 amide bonds. The number of rotatable bonds is 3. The normalized spacial score (nSPS) is 14.7. The lowest BCUT2D eigenvalue weighted by molar-refractivity contribution is 0.652. The van der Waals surface area contributed by atoms with Gasteiger partial charge in [-0.05, 0) is 128 Å². The Morgan fingerprint density at radius 3 is 1.84 bits per heavy atom. The van der Waals surface area contributed by atoms with E-state index in [2.05, 4.69) is 136 Å². The van der Waals surface area contributed by atoms with E-state index >= 15 is 0 Å². The van der Waals surface area contributed by atoms with Crippen LogP contribution in [-0.4, -0.2) is 0 Å². The first-order valence-corrected chi connectivity index (χ1v) is 17.3. The van der Waals surface area contributed by atoms with Crippen LogP contribution >= 0.6 is 0 Å². The van der Waals surface area contributed by atoms with E-state index in [4.69, 9.17) is 4.42 Å². The van der Waals surface area contributed by atoms with Gasteiger partial charge in [-0.3, -0.25) is 0 Å². The summed E-state index contributed by atoms with van der Waals surface area (Å²) < 4.78 is 6.56. The lowest BCUT2D eigenvalue weighted by atomic mass is 9.79. The SMILES string of the molecule is CC1(C)c2cc(N(c3ccc(C#N)cc3)c3cccc4c3oc3ccccc34)ccc2-c2cc3c(cc21)-c1cc2ccccc2cc1C3(C)C. The van der Waals surface area contributed by atoms with Crippen molar-refractivity contribution in [2.24, 2.45) is 0 Å². The Hall–Kier alpha value is -6.11. The molecule has 0 fully saturated rings. The quantitative estimate of drug-likeness (QED) is 0.193. The Balaban J connectivity index is 1.16. The van der Waals surface area contributed by atoms with E-state index in [1.165, 1.54) is 55.3 Å². The molecule has 0 radical (unpaired) electrons. The van der Waals surface area contributed by atoms with Crippen LogP contribution in [-0.2, 0) is 10.8 Å². The van der Waals surface area contributed by atoms with Crippen LogP contribution < -0.4 is 4.90 Å². The fourth-order valence-corrected chi connectivity index (χ4v) is 8.79. The summed E-state index contributed by atoms with van der Waals surface area (Å²) in [4.78, 5) is 2.27. The summed E-state index contributed by atoms with van der Waals surface area (Å²) in [6.07, 6.45) is 0. The number of fused-ring (bicyclic) bond motifs is 10. The second kappa shape index (κ2) is 9.97. The molecule has 0 unspecified atom stereocenters. The van der Waals surface area contributed by atoms with Crippen molar-refractivity contribution in [3.05, 3.63) is 161 Å². The zero-order valence-corrected chi connectivity index (χ0v) is 28.5. The van der Waals surface area contributed by atoms with Crippen molar-refractivity contribution in [1.29, 1.82) is 5.26 Å². The monoisotopic (exact) mass is 642 g/mol. The highest BCUT2D eigenvalue weighted by molar-refractivity contribution is 6.10. The third-order valence-electron chi connectivity index (χ3n) is 11.5. The smallest absolute Gasteiger partial charge is 0.159 e. The van der Waals surface area contributed by atoms with Gasteiger partial charge in [0, 0.05) is 33.0 Å². The maximum absolute atomic E-state index is 9.59. The van der Waals surface area contributed by atoms with E-state index in [0.29, 0.717) is 5.56 Å². The van der Waals surface area contributed by atoms with Crippen LogP contribution in [0.15, 0.2) is 138 Å². The van der Waals surface area contributed by atoms with Crippen molar-refractivity contribution >= 4 is 49.8 Å². The van der Waals surface area contributed by atoms with Crippen molar-refractivity contribution in [2.75, 3.05) is 4.90 Å². The van der Waals surface area contributed by atoms with Crippen molar-refractivity contribution in [2.45, 2.75) is 38.5 Å². The Morgan fingerprint density at radius 2 is 1.10 bits per heavy atom. The van der Waals surface area contributed by atoms with E-state index in [1.807, 2.05) is 36.4 Å². The summed E-state index contributed by atoms with van der Waals surface area (Å²) in [5.41, 5.74) is 15.8. The van der Waals surface area contributed by atoms with Crippen LogP contribution in [0.5, 0.6) is 0 Å². The number of furan rings is 1. The number of nitriles is 1. The molecule has 238 valence electrons. The third kappa shape index (κ3) is 3.85. The zero-order valence-electron chi connectivity index (χ0n) is 28.5. The van der Waals surface area contributed by atoms with Gasteiger partial charge in [-0.15, -0.1) is 0 Å². The number of nitrogens with zero attached hydrogens (tertiary/aromatic N) is 2. The standard InChI is InChI=1S/C47H34N2O/c1-46(2)39-23-30-11-6-5-10-29(30)22-36(39)38-26-41-37(25-42(38)46)33-21-20-32(24-40(33)47(41,3)4)49(31-18-16-28(27-48)17-19-31)43-14-9-13-35-34-12-7-8-15-44(34)50-45(35)43/h5-26H,1-4H3. The lowest BCUT2D eigenvalue weighted by Crippen LogP contribution is -2.17. The minimum atomic E-state index is -0.221. The van der Waals surface area contributed by atoms with Crippen molar-refractivity contribution in [1.82, 2.24) is 0 Å². The zero-order chi connectivity index (χ0) is 33.9. The van der Waals surface area contributed by atoms with E-state index in [-0.39, 0.29) is 10.8 Å². The van der Waals surface area contributed by atoms with Crippen molar-refractivity contribution in [3.8, 4) is 28.3 Å². The van der Waals surface area contributed by atoms with Gasteiger partial charge in [0.25, 0.3) is 0 Å². The molecule has 0 aliphatic heterocycles. The van der Waals surface area contributed by atoms with Gasteiger partial charge in [0.1, 0.15) is 5.58 Å². The second-order valence-electron chi connectivity index (χ2n) is 14.9. The maximum Gasteiger partial charge on any atom is 0.159 e. The van der Waals surface area contributed by atoms with E-state index < -0.39 is 0 Å². The van der Waals surface area contributed by atoms with E-state index in [9.17, 15) is 5.26 Å². The van der Waals surface area contributed by atoms with E-state index in [1.54, 1.807) is 0 Å². The van der Waals surface area contributed by atoms with Gasteiger partial charge in [0.05, 0.1) is 17.3 Å². The molecule has 8 aromatic rings. The molecule has 1 heterocycles. The molecule has 1 aromatic heterocycles. The summed E-state index contributed by atoms with van der Waals surface area (Å²) in [5, 5.41) is 14.3. The number of benzene rings is 7. The third-order valence-corrected chi connectivity index (χ3v) is 11.5. The molecule has 0 spiro atoms. The number of anilines is 3. The predicted molar refractivity (Wildman–Crippen MR) is 206 cm³/mol. The highest BCUT2D eigenvalue weighted by Gasteiger charge is 2.42. The average Bonchev–Trinajstić information content (AvgIpc) is 3.70. The second-order valence-corrected chi connectivity index (χ2v) is 14.9. The summed E-state index contributed by atoms with van der Waals surface area (Å²) in [5.74, 6) is 0. The van der Waals surface area contributed by atoms with Crippen LogP contribution in [0.2, 0.25) is 0 Å². The van der Waals surface area contributed by atoms with Gasteiger partial charge in [0.15, 0.2) is 5.58 Å². The first-order valence-electron chi connectivity index (χ1n) is 17.3. The Labute approximate surface area is 291 Å². The minimum Gasteiger partial charge on any atom is -0.454 e. The van der Waals surface area contributed by atoms with Crippen molar-refractivity contribution < 1.29 is 4.42 Å². The molecule has 2 aliphatic carbocycles. The lowest BCUT2D eigenvalue weighted by Gasteiger charge is -2.28. The van der Waals surface area contributed by atoms with Crippen LogP contribution in [0.4, 0.5) is 17.1 Å². The Bertz CT molecular complexity index is 2770. The fraction of sp³-hybridized carbons (Fsp3) is 0.128. The number of hydrogen-bond donors (Lipinski definition) is 0. The predicted octanol–water partition coefficient (Wildman–Crippen LogP) is 12.7. The first-order chi connectivity index (χ1) is 24.2. The Morgan fingerprint density at radius 1 is 0.520 bits per heavy atom. The van der Waals surface area contributed by atoms with Gasteiger partial charge in [-0.2, -0.15) is 5.26 Å².